The quantitative estimate of drug-likeness (QED) is 0.375. The van der Waals surface area contributed by atoms with E-state index in [-0.39, 0.29) is 13.0 Å². The molecule has 1 aliphatic rings. The summed E-state index contributed by atoms with van der Waals surface area (Å²) in [5.41, 5.74) is 8.10. The van der Waals surface area contributed by atoms with Gasteiger partial charge in [0.2, 0.25) is 0 Å². The smallest absolute Gasteiger partial charge is 0.160 e. The summed E-state index contributed by atoms with van der Waals surface area (Å²) in [5, 5.41) is 22.1. The van der Waals surface area contributed by atoms with Crippen molar-refractivity contribution >= 4 is 0 Å². The Balaban J connectivity index is 2.57. The second-order valence-electron chi connectivity index (χ2n) is 3.05. The molecule has 0 aromatic heterocycles. The molecule has 0 spiro atoms. The highest BCUT2D eigenvalue weighted by atomic mass is 16.7. The SMILES string of the molecule is COC1CC(O)C(O)C(CN=[N+]=[N-])O1. The van der Waals surface area contributed by atoms with Gasteiger partial charge in [0.15, 0.2) is 6.29 Å². The second kappa shape index (κ2) is 5.14. The zero-order chi connectivity index (χ0) is 10.6. The van der Waals surface area contributed by atoms with Gasteiger partial charge in [0.05, 0.1) is 18.8 Å². The van der Waals surface area contributed by atoms with Crippen LogP contribution in [0.5, 0.6) is 0 Å². The first-order valence-electron chi connectivity index (χ1n) is 4.24. The summed E-state index contributed by atoms with van der Waals surface area (Å²) in [7, 11) is 1.44. The van der Waals surface area contributed by atoms with Crippen molar-refractivity contribution in [1.29, 1.82) is 0 Å². The summed E-state index contributed by atoms with van der Waals surface area (Å²) in [6, 6.07) is 0. The van der Waals surface area contributed by atoms with Gasteiger partial charge < -0.3 is 19.7 Å². The number of nitrogens with zero attached hydrogens (tertiary/aromatic N) is 3. The van der Waals surface area contributed by atoms with Crippen molar-refractivity contribution in [2.24, 2.45) is 5.11 Å². The molecule has 0 aliphatic carbocycles. The third-order valence-corrected chi connectivity index (χ3v) is 2.12. The fourth-order valence-electron chi connectivity index (χ4n) is 1.34. The molecule has 0 aromatic carbocycles. The fourth-order valence-corrected chi connectivity index (χ4v) is 1.34. The molecule has 1 aliphatic heterocycles. The molecule has 1 fully saturated rings. The normalized spacial score (nSPS) is 37.6. The van der Waals surface area contributed by atoms with E-state index in [1.54, 1.807) is 0 Å². The lowest BCUT2D eigenvalue weighted by Gasteiger charge is -2.35. The number of hydrogen-bond acceptors (Lipinski definition) is 5. The summed E-state index contributed by atoms with van der Waals surface area (Å²) < 4.78 is 10.1. The largest absolute Gasteiger partial charge is 0.390 e. The van der Waals surface area contributed by atoms with Gasteiger partial charge in [-0.2, -0.15) is 0 Å². The van der Waals surface area contributed by atoms with E-state index in [1.807, 2.05) is 0 Å². The van der Waals surface area contributed by atoms with Crippen LogP contribution >= 0.6 is 0 Å². The maximum absolute atomic E-state index is 9.46. The van der Waals surface area contributed by atoms with Crippen LogP contribution in [0.3, 0.4) is 0 Å². The Morgan fingerprint density at radius 1 is 1.64 bits per heavy atom. The van der Waals surface area contributed by atoms with Crippen LogP contribution in [0.1, 0.15) is 6.42 Å². The topological polar surface area (TPSA) is 108 Å². The highest BCUT2D eigenvalue weighted by molar-refractivity contribution is 4.84. The monoisotopic (exact) mass is 203 g/mol. The first kappa shape index (κ1) is 11.2. The van der Waals surface area contributed by atoms with E-state index in [0.29, 0.717) is 0 Å². The number of rotatable bonds is 3. The molecule has 0 amide bonds. The minimum absolute atomic E-state index is 0.0193. The lowest BCUT2D eigenvalue weighted by Crippen LogP contribution is -2.49. The lowest BCUT2D eigenvalue weighted by atomic mass is 10.0. The molecule has 0 aromatic rings. The van der Waals surface area contributed by atoms with Gasteiger partial charge in [-0.3, -0.25) is 0 Å². The molecule has 7 heteroatoms. The van der Waals surface area contributed by atoms with Crippen molar-refractivity contribution in [3.05, 3.63) is 10.4 Å². The van der Waals surface area contributed by atoms with Crippen molar-refractivity contribution in [3.8, 4) is 0 Å². The Morgan fingerprint density at radius 3 is 2.93 bits per heavy atom. The Morgan fingerprint density at radius 2 is 2.36 bits per heavy atom. The van der Waals surface area contributed by atoms with E-state index in [2.05, 4.69) is 10.0 Å². The molecule has 4 atom stereocenters. The van der Waals surface area contributed by atoms with E-state index in [1.165, 1.54) is 7.11 Å². The molecule has 1 heterocycles. The van der Waals surface area contributed by atoms with Crippen LogP contribution < -0.4 is 0 Å². The third kappa shape index (κ3) is 2.57. The van der Waals surface area contributed by atoms with Gasteiger partial charge in [0.1, 0.15) is 6.10 Å². The van der Waals surface area contributed by atoms with Crippen LogP contribution in [0.25, 0.3) is 10.4 Å². The minimum atomic E-state index is -1.04. The molecular formula is C7H13N3O4. The lowest BCUT2D eigenvalue weighted by molar-refractivity contribution is -0.239. The standard InChI is InChI=1S/C7H13N3O4/c1-13-6-2-4(11)7(12)5(14-6)3-9-10-8/h4-7,11-12H,2-3H2,1H3. The predicted molar refractivity (Wildman–Crippen MR) is 46.3 cm³/mol. The summed E-state index contributed by atoms with van der Waals surface area (Å²) >= 11 is 0. The van der Waals surface area contributed by atoms with Crippen LogP contribution in [0.2, 0.25) is 0 Å². The second-order valence-corrected chi connectivity index (χ2v) is 3.05. The summed E-state index contributed by atoms with van der Waals surface area (Å²) in [4.78, 5) is 2.55. The number of ether oxygens (including phenoxy) is 2. The zero-order valence-corrected chi connectivity index (χ0v) is 7.78. The van der Waals surface area contributed by atoms with Crippen LogP contribution in [0, 0.1) is 0 Å². The third-order valence-electron chi connectivity index (χ3n) is 2.12. The zero-order valence-electron chi connectivity index (χ0n) is 7.78. The van der Waals surface area contributed by atoms with Crippen molar-refractivity contribution < 1.29 is 19.7 Å². The van der Waals surface area contributed by atoms with E-state index < -0.39 is 24.6 Å². The molecule has 0 bridgehead atoms. The van der Waals surface area contributed by atoms with Crippen molar-refractivity contribution in [2.75, 3.05) is 13.7 Å². The number of methoxy groups -OCH3 is 1. The molecule has 7 nitrogen and oxygen atoms in total. The van der Waals surface area contributed by atoms with Crippen LogP contribution in [0.15, 0.2) is 5.11 Å². The number of aliphatic hydroxyl groups is 2. The molecule has 2 N–H and O–H groups in total. The molecule has 0 radical (unpaired) electrons. The van der Waals surface area contributed by atoms with Gasteiger partial charge in [-0.05, 0) is 5.53 Å². The minimum Gasteiger partial charge on any atom is -0.390 e. The van der Waals surface area contributed by atoms with E-state index in [0.717, 1.165) is 0 Å². The maximum atomic E-state index is 9.46. The number of aliphatic hydroxyl groups excluding tert-OH is 2. The average molecular weight is 203 g/mol. The molecule has 4 unspecified atom stereocenters. The molecule has 0 saturated carbocycles. The fraction of sp³-hybridized carbons (Fsp3) is 1.00. The summed E-state index contributed by atoms with van der Waals surface area (Å²) in [6.07, 6.45) is -3.00. The van der Waals surface area contributed by atoms with Gasteiger partial charge in [-0.15, -0.1) is 0 Å². The van der Waals surface area contributed by atoms with Gasteiger partial charge in [-0.1, -0.05) is 5.11 Å². The Kier molecular flexibility index (Phi) is 4.12. The Bertz CT molecular complexity index is 231. The van der Waals surface area contributed by atoms with Crippen molar-refractivity contribution in [1.82, 2.24) is 0 Å². The molecule has 1 saturated heterocycles. The Hall–Kier alpha value is -0.850. The molecule has 14 heavy (non-hydrogen) atoms. The highest BCUT2D eigenvalue weighted by Crippen LogP contribution is 2.20. The van der Waals surface area contributed by atoms with Crippen LogP contribution in [-0.4, -0.2) is 48.5 Å². The van der Waals surface area contributed by atoms with Crippen LogP contribution in [0.4, 0.5) is 0 Å². The molecule has 1 rings (SSSR count). The first-order valence-corrected chi connectivity index (χ1v) is 4.24. The van der Waals surface area contributed by atoms with E-state index in [9.17, 15) is 10.2 Å². The van der Waals surface area contributed by atoms with Gasteiger partial charge >= 0.3 is 0 Å². The predicted octanol–water partition coefficient (Wildman–Crippen LogP) is -0.220. The number of hydrogen-bond donors (Lipinski definition) is 2. The first-order chi connectivity index (χ1) is 6.69. The highest BCUT2D eigenvalue weighted by Gasteiger charge is 2.36. The summed E-state index contributed by atoms with van der Waals surface area (Å²) in [5.74, 6) is 0. The van der Waals surface area contributed by atoms with Crippen molar-refractivity contribution in [2.45, 2.75) is 31.0 Å². The van der Waals surface area contributed by atoms with Crippen molar-refractivity contribution in [3.63, 3.8) is 0 Å². The molecular weight excluding hydrogens is 190 g/mol. The number of azide groups is 1. The van der Waals surface area contributed by atoms with E-state index >= 15 is 0 Å². The van der Waals surface area contributed by atoms with E-state index in [4.69, 9.17) is 15.0 Å². The maximum Gasteiger partial charge on any atom is 0.160 e. The Labute approximate surface area is 80.9 Å². The van der Waals surface area contributed by atoms with Gasteiger partial charge in [-0.25, -0.2) is 0 Å². The van der Waals surface area contributed by atoms with Crippen LogP contribution in [-0.2, 0) is 9.47 Å². The van der Waals surface area contributed by atoms with Gasteiger partial charge in [0, 0.05) is 18.4 Å². The van der Waals surface area contributed by atoms with Gasteiger partial charge in [0.25, 0.3) is 0 Å². The molecule has 80 valence electrons. The summed E-state index contributed by atoms with van der Waals surface area (Å²) in [6.45, 7) is -0.0193. The average Bonchev–Trinajstić information content (AvgIpc) is 2.20.